The predicted molar refractivity (Wildman–Crippen MR) is 88.9 cm³/mol. The molecule has 0 bridgehead atoms. The molecule has 0 spiro atoms. The molecule has 2 fully saturated rings. The number of hydrogen-bond donors (Lipinski definition) is 2. The average Bonchev–Trinajstić information content (AvgIpc) is 3.13. The van der Waals surface area contributed by atoms with Crippen molar-refractivity contribution >= 4 is 34.5 Å². The van der Waals surface area contributed by atoms with E-state index < -0.39 is 17.1 Å². The first-order valence-corrected chi connectivity index (χ1v) is 8.29. The van der Waals surface area contributed by atoms with Crippen molar-refractivity contribution in [1.82, 2.24) is 10.2 Å². The van der Waals surface area contributed by atoms with Crippen molar-refractivity contribution in [2.75, 3.05) is 18.4 Å². The normalized spacial score (nSPS) is 22.9. The van der Waals surface area contributed by atoms with Gasteiger partial charge in [-0.15, -0.1) is 0 Å². The molecule has 7 heteroatoms. The fraction of sp³-hybridized carbons (Fsp3) is 0.312. The van der Waals surface area contributed by atoms with Gasteiger partial charge in [-0.2, -0.15) is 0 Å². The molecule has 0 radical (unpaired) electrons. The number of nitrogens with one attached hydrogen (secondary N) is 2. The van der Waals surface area contributed by atoms with E-state index in [1.807, 2.05) is 6.07 Å². The second-order valence-electron chi connectivity index (χ2n) is 5.41. The molecule has 2 aliphatic rings. The van der Waals surface area contributed by atoms with Crippen LogP contribution in [0.3, 0.4) is 0 Å². The Hall–Kier alpha value is -2.12. The molecule has 0 aliphatic carbocycles. The number of amides is 3. The van der Waals surface area contributed by atoms with Gasteiger partial charge in [0, 0.05) is 11.7 Å². The molecule has 1 aromatic rings. The lowest BCUT2D eigenvalue weighted by atomic mass is 10.2. The van der Waals surface area contributed by atoms with Crippen LogP contribution in [0, 0.1) is 0 Å². The monoisotopic (exact) mass is 331 g/mol. The van der Waals surface area contributed by atoms with Crippen molar-refractivity contribution in [1.29, 1.82) is 0 Å². The van der Waals surface area contributed by atoms with Gasteiger partial charge in [-0.25, -0.2) is 0 Å². The molecule has 1 atom stereocenters. The Morgan fingerprint density at radius 2 is 2.13 bits per heavy atom. The van der Waals surface area contributed by atoms with Crippen LogP contribution in [-0.4, -0.2) is 41.1 Å². The minimum absolute atomic E-state index is 0.132. The van der Waals surface area contributed by atoms with Crippen LogP contribution in [-0.2, 0) is 9.59 Å². The number of anilines is 1. The van der Waals surface area contributed by atoms with E-state index in [0.717, 1.165) is 36.0 Å². The minimum Gasteiger partial charge on any atom is -0.325 e. The van der Waals surface area contributed by atoms with E-state index in [-0.39, 0.29) is 12.6 Å². The van der Waals surface area contributed by atoms with Crippen molar-refractivity contribution in [2.45, 2.75) is 18.9 Å². The third-order valence-electron chi connectivity index (χ3n) is 3.68. The van der Waals surface area contributed by atoms with E-state index in [4.69, 9.17) is 0 Å². The number of benzene rings is 1. The lowest BCUT2D eigenvalue weighted by molar-refractivity contribution is -0.127. The van der Waals surface area contributed by atoms with Gasteiger partial charge in [0.2, 0.25) is 5.91 Å². The summed E-state index contributed by atoms with van der Waals surface area (Å²) in [6.07, 6.45) is 3.82. The fourth-order valence-electron chi connectivity index (χ4n) is 2.55. The zero-order valence-electron chi connectivity index (χ0n) is 12.5. The first-order valence-electron chi connectivity index (χ1n) is 7.47. The van der Waals surface area contributed by atoms with Crippen LogP contribution in [0.4, 0.5) is 10.5 Å². The maximum atomic E-state index is 12.3. The van der Waals surface area contributed by atoms with Crippen LogP contribution in [0.25, 0.3) is 0 Å². The Morgan fingerprint density at radius 3 is 2.83 bits per heavy atom. The summed E-state index contributed by atoms with van der Waals surface area (Å²) < 4.78 is 0. The molecule has 1 aromatic carbocycles. The summed E-state index contributed by atoms with van der Waals surface area (Å²) in [5.74, 6) is -0.782. The van der Waals surface area contributed by atoms with Gasteiger partial charge in [-0.3, -0.25) is 19.3 Å². The molecule has 0 aromatic heterocycles. The minimum atomic E-state index is -0.401. The SMILES string of the molecule is O=C(CN1C(=O)S/C(=C/C2CCCN2)C1=O)Nc1ccccc1. The molecule has 2 aliphatic heterocycles. The molecule has 2 N–H and O–H groups in total. The number of carbonyl (C=O) groups excluding carboxylic acids is 3. The number of para-hydroxylation sites is 1. The van der Waals surface area contributed by atoms with E-state index in [9.17, 15) is 14.4 Å². The van der Waals surface area contributed by atoms with Gasteiger partial charge in [0.25, 0.3) is 11.1 Å². The number of hydrogen-bond acceptors (Lipinski definition) is 5. The molecule has 2 saturated heterocycles. The van der Waals surface area contributed by atoms with Gasteiger partial charge in [-0.05, 0) is 49.4 Å². The van der Waals surface area contributed by atoms with Gasteiger partial charge in [0.15, 0.2) is 0 Å². The molecule has 2 heterocycles. The van der Waals surface area contributed by atoms with Crippen molar-refractivity contribution in [3.63, 3.8) is 0 Å². The fourth-order valence-corrected chi connectivity index (χ4v) is 3.43. The van der Waals surface area contributed by atoms with Crippen LogP contribution < -0.4 is 10.6 Å². The second-order valence-corrected chi connectivity index (χ2v) is 6.40. The van der Waals surface area contributed by atoms with Gasteiger partial charge in [0.05, 0.1) is 4.91 Å². The summed E-state index contributed by atoms with van der Waals surface area (Å²) in [5.41, 5.74) is 0.634. The van der Waals surface area contributed by atoms with Gasteiger partial charge >= 0.3 is 0 Å². The number of nitrogens with zero attached hydrogens (tertiary/aromatic N) is 1. The number of imide groups is 1. The molecular formula is C16H17N3O3S. The Morgan fingerprint density at radius 1 is 1.35 bits per heavy atom. The van der Waals surface area contributed by atoms with Crippen molar-refractivity contribution in [3.8, 4) is 0 Å². The van der Waals surface area contributed by atoms with Crippen molar-refractivity contribution < 1.29 is 14.4 Å². The lowest BCUT2D eigenvalue weighted by Gasteiger charge is -2.12. The first kappa shape index (κ1) is 15.8. The molecule has 3 amide bonds. The first-order chi connectivity index (χ1) is 11.1. The van der Waals surface area contributed by atoms with E-state index in [0.29, 0.717) is 10.6 Å². The number of thioether (sulfide) groups is 1. The highest BCUT2D eigenvalue weighted by molar-refractivity contribution is 8.18. The molecule has 23 heavy (non-hydrogen) atoms. The Balaban J connectivity index is 1.62. The summed E-state index contributed by atoms with van der Waals surface area (Å²) in [6.45, 7) is 0.652. The third-order valence-corrected chi connectivity index (χ3v) is 4.61. The molecular weight excluding hydrogens is 314 g/mol. The highest BCUT2D eigenvalue weighted by Gasteiger charge is 2.36. The maximum absolute atomic E-state index is 12.3. The Bertz CT molecular complexity index is 654. The van der Waals surface area contributed by atoms with Crippen molar-refractivity contribution in [2.24, 2.45) is 0 Å². The van der Waals surface area contributed by atoms with E-state index in [1.54, 1.807) is 30.3 Å². The third kappa shape index (κ3) is 3.80. The maximum Gasteiger partial charge on any atom is 0.294 e. The van der Waals surface area contributed by atoms with Crippen LogP contribution in [0.1, 0.15) is 12.8 Å². The average molecular weight is 331 g/mol. The summed E-state index contributed by atoms with van der Waals surface area (Å²) >= 11 is 0.895. The summed E-state index contributed by atoms with van der Waals surface area (Å²) in [6, 6.07) is 9.07. The highest BCUT2D eigenvalue weighted by Crippen LogP contribution is 2.31. The Labute approximate surface area is 138 Å². The molecule has 0 saturated carbocycles. The zero-order chi connectivity index (χ0) is 16.2. The van der Waals surface area contributed by atoms with Gasteiger partial charge < -0.3 is 10.6 Å². The molecule has 120 valence electrons. The van der Waals surface area contributed by atoms with E-state index in [1.165, 1.54) is 0 Å². The van der Waals surface area contributed by atoms with E-state index in [2.05, 4.69) is 10.6 Å². The van der Waals surface area contributed by atoms with Crippen molar-refractivity contribution in [3.05, 3.63) is 41.3 Å². The summed E-state index contributed by atoms with van der Waals surface area (Å²) in [5, 5.41) is 5.53. The Kier molecular flexibility index (Phi) is 4.78. The van der Waals surface area contributed by atoms with Crippen LogP contribution in [0.5, 0.6) is 0 Å². The quantitative estimate of drug-likeness (QED) is 0.825. The van der Waals surface area contributed by atoms with Gasteiger partial charge in [-0.1, -0.05) is 18.2 Å². The van der Waals surface area contributed by atoms with Crippen LogP contribution >= 0.6 is 11.8 Å². The van der Waals surface area contributed by atoms with Crippen LogP contribution in [0.2, 0.25) is 0 Å². The summed E-state index contributed by atoms with van der Waals surface area (Å²) in [7, 11) is 0. The second kappa shape index (κ2) is 6.97. The molecule has 1 unspecified atom stereocenters. The predicted octanol–water partition coefficient (Wildman–Crippen LogP) is 1.96. The highest BCUT2D eigenvalue weighted by atomic mass is 32.2. The van der Waals surface area contributed by atoms with E-state index >= 15 is 0 Å². The molecule has 6 nitrogen and oxygen atoms in total. The standard InChI is InChI=1S/C16H17N3O3S/c20-14(18-11-5-2-1-3-6-11)10-19-15(21)13(23-16(19)22)9-12-7-4-8-17-12/h1-3,5-6,9,12,17H,4,7-8,10H2,(H,18,20)/b13-9+. The smallest absolute Gasteiger partial charge is 0.294 e. The van der Waals surface area contributed by atoms with Gasteiger partial charge in [0.1, 0.15) is 6.54 Å². The topological polar surface area (TPSA) is 78.5 Å². The number of rotatable bonds is 4. The molecule has 3 rings (SSSR count). The summed E-state index contributed by atoms with van der Waals surface area (Å²) in [4.78, 5) is 37.7. The lowest BCUT2D eigenvalue weighted by Crippen LogP contribution is -2.36. The van der Waals surface area contributed by atoms with Crippen LogP contribution in [0.15, 0.2) is 41.3 Å². The zero-order valence-corrected chi connectivity index (χ0v) is 13.3. The number of carbonyl (C=O) groups is 3. The largest absolute Gasteiger partial charge is 0.325 e.